The minimum absolute atomic E-state index is 0.264. The van der Waals surface area contributed by atoms with Crippen molar-refractivity contribution in [1.82, 2.24) is 4.72 Å². The molecule has 1 aromatic carbocycles. The summed E-state index contributed by atoms with van der Waals surface area (Å²) in [5.41, 5.74) is 4.93. The van der Waals surface area contributed by atoms with Gasteiger partial charge in [-0.25, -0.2) is 30.3 Å². The molecule has 10 heteroatoms. The van der Waals surface area contributed by atoms with E-state index in [9.17, 15) is 25.6 Å². The van der Waals surface area contributed by atoms with Crippen LogP contribution in [0.3, 0.4) is 0 Å². The van der Waals surface area contributed by atoms with Gasteiger partial charge in [0.2, 0.25) is 10.0 Å². The zero-order chi connectivity index (χ0) is 16.6. The first-order valence-corrected chi connectivity index (χ1v) is 9.09. The van der Waals surface area contributed by atoms with Gasteiger partial charge in [-0.15, -0.1) is 0 Å². The van der Waals surface area contributed by atoms with E-state index < -0.39 is 47.7 Å². The molecule has 0 fully saturated rings. The highest BCUT2D eigenvalue weighted by molar-refractivity contribution is 7.92. The SMILES string of the molecule is CC(C)(CNS(=O)(=O)c1c(F)cc(N)cc1F)S(C)(=O)=O. The summed E-state index contributed by atoms with van der Waals surface area (Å²) in [4.78, 5) is -1.19. The third-order valence-corrected chi connectivity index (χ3v) is 6.58. The second-order valence-electron chi connectivity index (χ2n) is 5.17. The summed E-state index contributed by atoms with van der Waals surface area (Å²) in [7, 11) is -8.12. The maximum Gasteiger partial charge on any atom is 0.246 e. The van der Waals surface area contributed by atoms with Gasteiger partial charge in [-0.2, -0.15) is 0 Å². The molecule has 0 atom stereocenters. The molecule has 120 valence electrons. The summed E-state index contributed by atoms with van der Waals surface area (Å²) in [6, 6.07) is 1.33. The molecule has 0 aliphatic rings. The maximum atomic E-state index is 13.6. The first kappa shape index (κ1) is 17.8. The Kier molecular flexibility index (Phi) is 4.66. The molecule has 0 heterocycles. The first-order valence-electron chi connectivity index (χ1n) is 5.72. The predicted octanol–water partition coefficient (Wildman–Crippen LogP) is 0.649. The molecule has 6 nitrogen and oxygen atoms in total. The molecule has 21 heavy (non-hydrogen) atoms. The van der Waals surface area contributed by atoms with Gasteiger partial charge in [0, 0.05) is 18.5 Å². The van der Waals surface area contributed by atoms with Gasteiger partial charge in [0.25, 0.3) is 0 Å². The van der Waals surface area contributed by atoms with Gasteiger partial charge >= 0.3 is 0 Å². The van der Waals surface area contributed by atoms with Crippen molar-refractivity contribution in [2.45, 2.75) is 23.5 Å². The number of nitrogens with one attached hydrogen (secondary N) is 1. The average molecular weight is 342 g/mol. The lowest BCUT2D eigenvalue weighted by molar-refractivity contribution is 0.508. The van der Waals surface area contributed by atoms with Crippen molar-refractivity contribution in [2.75, 3.05) is 18.5 Å². The van der Waals surface area contributed by atoms with Crippen molar-refractivity contribution in [2.24, 2.45) is 0 Å². The lowest BCUT2D eigenvalue weighted by Crippen LogP contribution is -2.44. The van der Waals surface area contributed by atoms with E-state index in [4.69, 9.17) is 5.73 Å². The first-order chi connectivity index (χ1) is 9.28. The van der Waals surface area contributed by atoms with Crippen LogP contribution in [0, 0.1) is 11.6 Å². The molecule has 0 radical (unpaired) electrons. The van der Waals surface area contributed by atoms with Gasteiger partial charge < -0.3 is 5.73 Å². The number of sulfonamides is 1. The van der Waals surface area contributed by atoms with Gasteiger partial charge in [-0.05, 0) is 26.0 Å². The average Bonchev–Trinajstić information content (AvgIpc) is 2.23. The monoisotopic (exact) mass is 342 g/mol. The molecule has 0 aromatic heterocycles. The molecular weight excluding hydrogens is 326 g/mol. The van der Waals surface area contributed by atoms with Crippen LogP contribution in [-0.4, -0.2) is 34.4 Å². The van der Waals surface area contributed by atoms with Crippen LogP contribution in [-0.2, 0) is 19.9 Å². The highest BCUT2D eigenvalue weighted by atomic mass is 32.2. The fourth-order valence-electron chi connectivity index (χ4n) is 1.31. The third kappa shape index (κ3) is 3.89. The molecule has 0 aliphatic heterocycles. The fourth-order valence-corrected chi connectivity index (χ4v) is 3.06. The number of rotatable bonds is 5. The topological polar surface area (TPSA) is 106 Å². The van der Waals surface area contributed by atoms with Crippen molar-refractivity contribution < 1.29 is 25.6 Å². The summed E-state index contributed by atoms with van der Waals surface area (Å²) >= 11 is 0. The maximum absolute atomic E-state index is 13.6. The Morgan fingerprint density at radius 3 is 1.95 bits per heavy atom. The highest BCUT2D eigenvalue weighted by Gasteiger charge is 2.33. The molecule has 0 amide bonds. The Balaban J connectivity index is 3.16. The lowest BCUT2D eigenvalue weighted by atomic mass is 10.2. The van der Waals surface area contributed by atoms with Gasteiger partial charge in [0.05, 0.1) is 4.75 Å². The minimum Gasteiger partial charge on any atom is -0.399 e. The Hall–Kier alpha value is -1.26. The number of sulfone groups is 1. The van der Waals surface area contributed by atoms with E-state index in [1.54, 1.807) is 0 Å². The molecule has 0 unspecified atom stereocenters. The highest BCUT2D eigenvalue weighted by Crippen LogP contribution is 2.22. The molecular formula is C11H16F2N2O4S2. The van der Waals surface area contributed by atoms with Crippen molar-refractivity contribution in [3.05, 3.63) is 23.8 Å². The zero-order valence-corrected chi connectivity index (χ0v) is 13.3. The largest absolute Gasteiger partial charge is 0.399 e. The summed E-state index contributed by atoms with van der Waals surface area (Å²) < 4.78 is 74.5. The van der Waals surface area contributed by atoms with Crippen molar-refractivity contribution >= 4 is 25.5 Å². The quantitative estimate of drug-likeness (QED) is 0.764. The lowest BCUT2D eigenvalue weighted by Gasteiger charge is -2.22. The van der Waals surface area contributed by atoms with E-state index in [1.807, 2.05) is 4.72 Å². The third-order valence-electron chi connectivity index (χ3n) is 2.98. The predicted molar refractivity (Wildman–Crippen MR) is 74.9 cm³/mol. The smallest absolute Gasteiger partial charge is 0.246 e. The molecule has 0 bridgehead atoms. The van der Waals surface area contributed by atoms with Gasteiger partial charge in [0.15, 0.2) is 14.7 Å². The summed E-state index contributed by atoms with van der Waals surface area (Å²) in [6.07, 6.45) is 0.936. The number of hydrogen-bond donors (Lipinski definition) is 2. The molecule has 1 rings (SSSR count). The van der Waals surface area contributed by atoms with E-state index in [-0.39, 0.29) is 5.69 Å². The summed E-state index contributed by atoms with van der Waals surface area (Å²) in [5.74, 6) is -2.70. The van der Waals surface area contributed by atoms with Gasteiger partial charge in [-0.3, -0.25) is 0 Å². The second kappa shape index (κ2) is 5.50. The summed E-state index contributed by atoms with van der Waals surface area (Å²) in [5, 5.41) is 0. The number of nitrogens with two attached hydrogens (primary N) is 1. The Morgan fingerprint density at radius 1 is 1.14 bits per heavy atom. The Labute approximate surface area is 122 Å². The Morgan fingerprint density at radius 2 is 1.57 bits per heavy atom. The van der Waals surface area contributed by atoms with Gasteiger partial charge in [0.1, 0.15) is 11.6 Å². The normalized spacial score (nSPS) is 13.4. The van der Waals surface area contributed by atoms with Crippen LogP contribution < -0.4 is 10.5 Å². The van der Waals surface area contributed by atoms with E-state index in [0.29, 0.717) is 12.1 Å². The van der Waals surface area contributed by atoms with Crippen LogP contribution in [0.15, 0.2) is 17.0 Å². The minimum atomic E-state index is -4.55. The van der Waals surface area contributed by atoms with Crippen LogP contribution in [0.1, 0.15) is 13.8 Å². The number of hydrogen-bond acceptors (Lipinski definition) is 5. The van der Waals surface area contributed by atoms with Crippen LogP contribution in [0.4, 0.5) is 14.5 Å². The number of benzene rings is 1. The molecule has 0 saturated heterocycles. The Bertz CT molecular complexity index is 735. The second-order valence-corrected chi connectivity index (χ2v) is 9.52. The number of anilines is 1. The van der Waals surface area contributed by atoms with Gasteiger partial charge in [-0.1, -0.05) is 0 Å². The van der Waals surface area contributed by atoms with Crippen molar-refractivity contribution in [3.63, 3.8) is 0 Å². The molecule has 3 N–H and O–H groups in total. The van der Waals surface area contributed by atoms with E-state index in [1.165, 1.54) is 13.8 Å². The van der Waals surface area contributed by atoms with E-state index in [0.717, 1.165) is 6.26 Å². The molecule has 0 saturated carbocycles. The number of nitrogen functional groups attached to an aromatic ring is 1. The van der Waals surface area contributed by atoms with Crippen molar-refractivity contribution in [3.8, 4) is 0 Å². The van der Waals surface area contributed by atoms with Crippen LogP contribution in [0.5, 0.6) is 0 Å². The standard InChI is InChI=1S/C11H16F2N2O4S2/c1-11(2,20(3,16)17)6-15-21(18,19)10-8(12)4-7(14)5-9(10)13/h4-5,15H,6,14H2,1-3H3. The van der Waals surface area contributed by atoms with Crippen LogP contribution in [0.25, 0.3) is 0 Å². The van der Waals surface area contributed by atoms with Crippen LogP contribution >= 0.6 is 0 Å². The van der Waals surface area contributed by atoms with Crippen LogP contribution in [0.2, 0.25) is 0 Å². The fraction of sp³-hybridized carbons (Fsp3) is 0.455. The summed E-state index contributed by atoms with van der Waals surface area (Å²) in [6.45, 7) is 2.05. The van der Waals surface area contributed by atoms with E-state index in [2.05, 4.69) is 0 Å². The van der Waals surface area contributed by atoms with Crippen molar-refractivity contribution in [1.29, 1.82) is 0 Å². The zero-order valence-electron chi connectivity index (χ0n) is 11.6. The molecule has 1 aromatic rings. The molecule has 0 aliphatic carbocycles. The van der Waals surface area contributed by atoms with E-state index >= 15 is 0 Å². The number of halogens is 2. The molecule has 0 spiro atoms.